The second-order valence-corrected chi connectivity index (χ2v) is 5.87. The van der Waals surface area contributed by atoms with E-state index in [0.29, 0.717) is 32.1 Å². The van der Waals surface area contributed by atoms with Gasteiger partial charge in [-0.1, -0.05) is 6.92 Å². The molecule has 1 aliphatic rings. The molecule has 1 saturated heterocycles. The van der Waals surface area contributed by atoms with Crippen LogP contribution in [0.5, 0.6) is 0 Å². The van der Waals surface area contributed by atoms with Gasteiger partial charge in [0.25, 0.3) is 11.5 Å². The number of carbonyl (C=O) groups is 1. The van der Waals surface area contributed by atoms with Gasteiger partial charge in [0.05, 0.1) is 13.2 Å². The molecule has 9 nitrogen and oxygen atoms in total. The third-order valence-electron chi connectivity index (χ3n) is 4.06. The molecule has 1 unspecified atom stereocenters. The lowest BCUT2D eigenvalue weighted by Gasteiger charge is -2.31. The number of nitrogens with zero attached hydrogens (tertiary/aromatic N) is 5. The van der Waals surface area contributed by atoms with Gasteiger partial charge >= 0.3 is 0 Å². The minimum absolute atomic E-state index is 0.219. The first-order chi connectivity index (χ1) is 12.1. The lowest BCUT2D eigenvalue weighted by molar-refractivity contribution is -0.0269. The molecule has 3 heterocycles. The van der Waals surface area contributed by atoms with E-state index in [4.69, 9.17) is 4.74 Å². The van der Waals surface area contributed by atoms with Crippen LogP contribution in [0.4, 0.5) is 0 Å². The fourth-order valence-electron chi connectivity index (χ4n) is 2.74. The van der Waals surface area contributed by atoms with Gasteiger partial charge in [-0.25, -0.2) is 9.67 Å². The Morgan fingerprint density at radius 3 is 3.00 bits per heavy atom. The highest BCUT2D eigenvalue weighted by Crippen LogP contribution is 2.20. The van der Waals surface area contributed by atoms with Crippen molar-refractivity contribution in [2.75, 3.05) is 19.7 Å². The lowest BCUT2D eigenvalue weighted by Crippen LogP contribution is -2.43. The lowest BCUT2D eigenvalue weighted by atomic mass is 10.2. The van der Waals surface area contributed by atoms with Gasteiger partial charge in [-0.3, -0.25) is 14.7 Å². The first-order valence-corrected chi connectivity index (χ1v) is 8.52. The van der Waals surface area contributed by atoms with Crippen molar-refractivity contribution in [2.45, 2.75) is 39.3 Å². The molecule has 3 rings (SSSR count). The van der Waals surface area contributed by atoms with Crippen LogP contribution in [0.2, 0.25) is 0 Å². The number of rotatable bonds is 5. The van der Waals surface area contributed by atoms with E-state index in [0.717, 1.165) is 18.7 Å². The average molecular weight is 346 g/mol. The number of carbonyl (C=O) groups excluding carboxylic acids is 1. The molecule has 1 atom stereocenters. The first-order valence-electron chi connectivity index (χ1n) is 8.52. The quantitative estimate of drug-likeness (QED) is 0.847. The maximum atomic E-state index is 12.7. The first kappa shape index (κ1) is 17.3. The van der Waals surface area contributed by atoms with E-state index in [1.165, 1.54) is 16.8 Å². The third-order valence-corrected chi connectivity index (χ3v) is 4.06. The van der Waals surface area contributed by atoms with Crippen molar-refractivity contribution in [1.29, 1.82) is 0 Å². The monoisotopic (exact) mass is 346 g/mol. The predicted molar refractivity (Wildman–Crippen MR) is 89.1 cm³/mol. The summed E-state index contributed by atoms with van der Waals surface area (Å²) < 4.78 is 7.00. The zero-order valence-corrected chi connectivity index (χ0v) is 14.4. The Morgan fingerprint density at radius 2 is 2.24 bits per heavy atom. The van der Waals surface area contributed by atoms with Crippen LogP contribution >= 0.6 is 0 Å². The number of H-pyrrole nitrogens is 1. The summed E-state index contributed by atoms with van der Waals surface area (Å²) in [6, 6.07) is 2.83. The Labute approximate surface area is 145 Å². The maximum absolute atomic E-state index is 12.7. The van der Waals surface area contributed by atoms with Crippen LogP contribution in [-0.2, 0) is 17.7 Å². The van der Waals surface area contributed by atoms with Gasteiger partial charge in [-0.15, -0.1) is 0 Å². The van der Waals surface area contributed by atoms with Crippen molar-refractivity contribution in [2.24, 2.45) is 0 Å². The fraction of sp³-hybridized carbons (Fsp3) is 0.562. The van der Waals surface area contributed by atoms with E-state index < -0.39 is 0 Å². The summed E-state index contributed by atoms with van der Waals surface area (Å²) in [7, 11) is 0. The molecule has 0 bridgehead atoms. The van der Waals surface area contributed by atoms with Crippen LogP contribution < -0.4 is 5.56 Å². The zero-order chi connectivity index (χ0) is 17.8. The summed E-state index contributed by atoms with van der Waals surface area (Å²) in [6.45, 7) is 5.53. The highest BCUT2D eigenvalue weighted by Gasteiger charge is 2.29. The van der Waals surface area contributed by atoms with Crippen LogP contribution in [0.15, 0.2) is 16.9 Å². The van der Waals surface area contributed by atoms with Gasteiger partial charge in [-0.2, -0.15) is 10.2 Å². The van der Waals surface area contributed by atoms with Crippen molar-refractivity contribution < 1.29 is 9.53 Å². The topological polar surface area (TPSA) is 106 Å². The molecule has 0 spiro atoms. The van der Waals surface area contributed by atoms with Crippen molar-refractivity contribution in [3.8, 4) is 0 Å². The number of ether oxygens (including phenoxy) is 1. The van der Waals surface area contributed by atoms with Gasteiger partial charge in [0.15, 0.2) is 5.82 Å². The van der Waals surface area contributed by atoms with Gasteiger partial charge in [-0.05, 0) is 19.4 Å². The molecule has 0 aliphatic carbocycles. The third kappa shape index (κ3) is 3.76. The number of aromatic amines is 1. The number of hydrogen-bond acceptors (Lipinski definition) is 6. The van der Waals surface area contributed by atoms with Crippen molar-refractivity contribution >= 4 is 5.91 Å². The Kier molecular flexibility index (Phi) is 5.22. The molecule has 2 aromatic heterocycles. The maximum Gasteiger partial charge on any atom is 0.274 e. The van der Waals surface area contributed by atoms with E-state index in [1.54, 1.807) is 4.90 Å². The number of nitrogens with one attached hydrogen (secondary N) is 1. The molecular formula is C16H22N6O3. The normalized spacial score (nSPS) is 17.7. The Morgan fingerprint density at radius 1 is 1.40 bits per heavy atom. The Bertz CT molecular complexity index is 799. The summed E-state index contributed by atoms with van der Waals surface area (Å²) in [5.74, 6) is 1.16. The van der Waals surface area contributed by atoms with E-state index in [9.17, 15) is 9.59 Å². The van der Waals surface area contributed by atoms with Gasteiger partial charge < -0.3 is 9.64 Å². The smallest absolute Gasteiger partial charge is 0.274 e. The zero-order valence-electron chi connectivity index (χ0n) is 14.4. The summed E-state index contributed by atoms with van der Waals surface area (Å²) in [4.78, 5) is 30.4. The minimum atomic E-state index is -0.364. The number of aromatic nitrogens is 5. The molecule has 1 fully saturated rings. The molecule has 0 saturated carbocycles. The van der Waals surface area contributed by atoms with E-state index >= 15 is 0 Å². The van der Waals surface area contributed by atoms with Crippen molar-refractivity contribution in [1.82, 2.24) is 29.9 Å². The van der Waals surface area contributed by atoms with Crippen LogP contribution in [0.1, 0.15) is 48.5 Å². The number of amides is 1. The number of hydrogen-bond donors (Lipinski definition) is 1. The van der Waals surface area contributed by atoms with E-state index in [-0.39, 0.29) is 23.3 Å². The molecule has 0 aromatic carbocycles. The molecule has 1 N–H and O–H groups in total. The molecule has 1 amide bonds. The largest absolute Gasteiger partial charge is 0.366 e. The Hall–Kier alpha value is -2.55. The minimum Gasteiger partial charge on any atom is -0.366 e. The van der Waals surface area contributed by atoms with Gasteiger partial charge in [0, 0.05) is 25.6 Å². The predicted octanol–water partition coefficient (Wildman–Crippen LogP) is 0.547. The van der Waals surface area contributed by atoms with Crippen LogP contribution in [-0.4, -0.2) is 55.5 Å². The summed E-state index contributed by atoms with van der Waals surface area (Å²) in [5.41, 5.74) is 0.0341. The highest BCUT2D eigenvalue weighted by molar-refractivity contribution is 5.92. The molecule has 9 heteroatoms. The highest BCUT2D eigenvalue weighted by atomic mass is 16.5. The molecule has 25 heavy (non-hydrogen) atoms. The van der Waals surface area contributed by atoms with Crippen LogP contribution in [0.3, 0.4) is 0 Å². The van der Waals surface area contributed by atoms with Gasteiger partial charge in [0.1, 0.15) is 17.6 Å². The number of aryl methyl sites for hydroxylation is 2. The SMILES string of the molecule is CCCc1nc(C2CN(C(=O)c3ccc(=O)n(CC)n3)CCO2)n[nH]1. The van der Waals surface area contributed by atoms with Crippen LogP contribution in [0.25, 0.3) is 0 Å². The standard InChI is InChI=1S/C16H22N6O3/c1-3-5-13-17-15(19-18-13)12-10-21(8-9-25-12)16(24)11-6-7-14(23)22(4-2)20-11/h6-7,12H,3-5,8-10H2,1-2H3,(H,17,18,19). The second-order valence-electron chi connectivity index (χ2n) is 5.87. The molecular weight excluding hydrogens is 324 g/mol. The molecule has 0 radical (unpaired) electrons. The fourth-order valence-corrected chi connectivity index (χ4v) is 2.74. The van der Waals surface area contributed by atoms with Gasteiger partial charge in [0.2, 0.25) is 0 Å². The molecule has 1 aliphatic heterocycles. The van der Waals surface area contributed by atoms with Crippen LogP contribution in [0, 0.1) is 0 Å². The van der Waals surface area contributed by atoms with Crippen molar-refractivity contribution in [3.05, 3.63) is 39.8 Å². The second kappa shape index (κ2) is 7.56. The average Bonchev–Trinajstić information content (AvgIpc) is 3.11. The Balaban J connectivity index is 1.74. The van der Waals surface area contributed by atoms with E-state index in [2.05, 4.69) is 27.2 Å². The summed E-state index contributed by atoms with van der Waals surface area (Å²) in [6.07, 6.45) is 1.44. The molecule has 134 valence electrons. The number of morpholine rings is 1. The van der Waals surface area contributed by atoms with Crippen molar-refractivity contribution in [3.63, 3.8) is 0 Å². The van der Waals surface area contributed by atoms with E-state index in [1.807, 2.05) is 6.92 Å². The molecule has 2 aromatic rings. The summed E-state index contributed by atoms with van der Waals surface area (Å²) in [5, 5.41) is 11.2. The summed E-state index contributed by atoms with van der Waals surface area (Å²) >= 11 is 0.